The van der Waals surface area contributed by atoms with Crippen molar-refractivity contribution in [3.63, 3.8) is 0 Å². The number of aliphatic hydroxyl groups is 1. The quantitative estimate of drug-likeness (QED) is 0.902. The van der Waals surface area contributed by atoms with Crippen LogP contribution in [0.4, 0.5) is 4.39 Å². The summed E-state index contributed by atoms with van der Waals surface area (Å²) in [6, 6.07) is 4.28. The Balaban J connectivity index is 2.04. The van der Waals surface area contributed by atoms with Crippen molar-refractivity contribution in [2.45, 2.75) is 26.6 Å². The number of nitrogens with zero attached hydrogens (tertiary/aromatic N) is 2. The van der Waals surface area contributed by atoms with Gasteiger partial charge in [0.2, 0.25) is 11.7 Å². The molecule has 0 radical (unpaired) electrons. The molecule has 1 aromatic carbocycles. The molecule has 2 aromatic rings. The molecule has 0 amide bonds. The number of hydrogen-bond acceptors (Lipinski definition) is 5. The number of aryl methyl sites for hydroxylation is 1. The van der Waals surface area contributed by atoms with Crippen LogP contribution in [0.2, 0.25) is 0 Å². The van der Waals surface area contributed by atoms with Gasteiger partial charge in [-0.25, -0.2) is 4.39 Å². The fourth-order valence-corrected chi connectivity index (χ4v) is 1.48. The predicted molar refractivity (Wildman–Crippen MR) is 60.4 cm³/mol. The molecule has 1 atom stereocenters. The minimum Gasteiger partial charge on any atom is -0.485 e. The first kappa shape index (κ1) is 12.5. The summed E-state index contributed by atoms with van der Waals surface area (Å²) in [5.74, 6) is 0.683. The van der Waals surface area contributed by atoms with Gasteiger partial charge < -0.3 is 14.4 Å². The molecule has 18 heavy (non-hydrogen) atoms. The van der Waals surface area contributed by atoms with Crippen LogP contribution in [0.1, 0.15) is 30.3 Å². The first-order chi connectivity index (χ1) is 8.56. The molecule has 6 heteroatoms. The van der Waals surface area contributed by atoms with Crippen molar-refractivity contribution in [1.29, 1.82) is 0 Å². The van der Waals surface area contributed by atoms with E-state index >= 15 is 0 Å². The highest BCUT2D eigenvalue weighted by atomic mass is 19.1. The van der Waals surface area contributed by atoms with Gasteiger partial charge in [-0.2, -0.15) is 4.98 Å². The van der Waals surface area contributed by atoms with Crippen LogP contribution in [0.25, 0.3) is 0 Å². The predicted octanol–water partition coefficient (Wildman–Crippen LogP) is 2.15. The molecular weight excluding hydrogens is 239 g/mol. The Bertz CT molecular complexity index is 540. The van der Waals surface area contributed by atoms with E-state index in [1.165, 1.54) is 19.1 Å². The van der Waals surface area contributed by atoms with Gasteiger partial charge in [-0.15, -0.1) is 0 Å². The Labute approximate surface area is 103 Å². The Morgan fingerprint density at radius 1 is 1.50 bits per heavy atom. The van der Waals surface area contributed by atoms with Gasteiger partial charge >= 0.3 is 0 Å². The molecule has 0 spiro atoms. The largest absolute Gasteiger partial charge is 0.485 e. The summed E-state index contributed by atoms with van der Waals surface area (Å²) in [5, 5.41) is 12.9. The van der Waals surface area contributed by atoms with Crippen LogP contribution in [0, 0.1) is 12.7 Å². The van der Waals surface area contributed by atoms with E-state index in [0.717, 1.165) is 0 Å². The van der Waals surface area contributed by atoms with Crippen LogP contribution in [-0.4, -0.2) is 15.2 Å². The molecule has 1 unspecified atom stereocenters. The van der Waals surface area contributed by atoms with E-state index in [2.05, 4.69) is 10.1 Å². The minimum absolute atomic E-state index is 0.102. The Kier molecular flexibility index (Phi) is 3.57. The van der Waals surface area contributed by atoms with Gasteiger partial charge in [-0.05, 0) is 19.1 Å². The third-order valence-corrected chi connectivity index (χ3v) is 2.36. The SMILES string of the molecule is Cc1nc(COc2ccc(C(C)O)c(F)c2)no1. The van der Waals surface area contributed by atoms with Crippen molar-refractivity contribution in [3.8, 4) is 5.75 Å². The maximum Gasteiger partial charge on any atom is 0.223 e. The van der Waals surface area contributed by atoms with Gasteiger partial charge in [0.15, 0.2) is 6.61 Å². The van der Waals surface area contributed by atoms with Crippen molar-refractivity contribution < 1.29 is 18.8 Å². The number of aromatic nitrogens is 2. The highest BCUT2D eigenvalue weighted by Gasteiger charge is 2.10. The summed E-state index contributed by atoms with van der Waals surface area (Å²) in [6.07, 6.45) is -0.848. The molecule has 1 N–H and O–H groups in total. The van der Waals surface area contributed by atoms with Crippen molar-refractivity contribution in [1.82, 2.24) is 10.1 Å². The average Bonchev–Trinajstić information content (AvgIpc) is 2.72. The molecule has 2 rings (SSSR count). The van der Waals surface area contributed by atoms with Gasteiger partial charge in [0, 0.05) is 18.6 Å². The zero-order valence-corrected chi connectivity index (χ0v) is 10.1. The molecule has 0 aliphatic carbocycles. The zero-order chi connectivity index (χ0) is 13.1. The number of aliphatic hydroxyl groups excluding tert-OH is 1. The van der Waals surface area contributed by atoms with E-state index < -0.39 is 11.9 Å². The normalized spacial score (nSPS) is 12.4. The summed E-state index contributed by atoms with van der Waals surface area (Å²) in [7, 11) is 0. The van der Waals surface area contributed by atoms with Gasteiger partial charge in [-0.3, -0.25) is 0 Å². The van der Waals surface area contributed by atoms with Crippen LogP contribution < -0.4 is 4.74 Å². The standard InChI is InChI=1S/C12H13FN2O3/c1-7(16)10-4-3-9(5-11(10)13)17-6-12-14-8(2)18-15-12/h3-5,7,16H,6H2,1-2H3. The topological polar surface area (TPSA) is 68.4 Å². The molecule has 5 nitrogen and oxygen atoms in total. The van der Waals surface area contributed by atoms with E-state index in [-0.39, 0.29) is 12.2 Å². The maximum absolute atomic E-state index is 13.5. The smallest absolute Gasteiger partial charge is 0.223 e. The molecule has 1 aromatic heterocycles. The number of benzene rings is 1. The van der Waals surface area contributed by atoms with Gasteiger partial charge in [-0.1, -0.05) is 5.16 Å². The third-order valence-electron chi connectivity index (χ3n) is 2.36. The monoisotopic (exact) mass is 252 g/mol. The van der Waals surface area contributed by atoms with Crippen molar-refractivity contribution in [2.75, 3.05) is 0 Å². The van der Waals surface area contributed by atoms with Crippen molar-refractivity contribution >= 4 is 0 Å². The van der Waals surface area contributed by atoms with Gasteiger partial charge in [0.05, 0.1) is 6.10 Å². The van der Waals surface area contributed by atoms with Crippen LogP contribution in [0.3, 0.4) is 0 Å². The van der Waals surface area contributed by atoms with Gasteiger partial charge in [0.25, 0.3) is 0 Å². The lowest BCUT2D eigenvalue weighted by Gasteiger charge is -2.08. The van der Waals surface area contributed by atoms with E-state index in [4.69, 9.17) is 9.26 Å². The lowest BCUT2D eigenvalue weighted by Crippen LogP contribution is -2.00. The molecule has 1 heterocycles. The van der Waals surface area contributed by atoms with E-state index in [1.807, 2.05) is 0 Å². The summed E-state index contributed by atoms with van der Waals surface area (Å²) in [5.41, 5.74) is 0.234. The summed E-state index contributed by atoms with van der Waals surface area (Å²) in [6.45, 7) is 3.28. The summed E-state index contributed by atoms with van der Waals surface area (Å²) < 4.78 is 23.6. The summed E-state index contributed by atoms with van der Waals surface area (Å²) in [4.78, 5) is 3.96. The lowest BCUT2D eigenvalue weighted by molar-refractivity contribution is 0.193. The number of halogens is 1. The van der Waals surface area contributed by atoms with E-state index in [0.29, 0.717) is 17.5 Å². The Morgan fingerprint density at radius 2 is 2.28 bits per heavy atom. The fraction of sp³-hybridized carbons (Fsp3) is 0.333. The van der Waals surface area contributed by atoms with Crippen molar-refractivity contribution in [2.24, 2.45) is 0 Å². The molecule has 0 saturated carbocycles. The van der Waals surface area contributed by atoms with Crippen LogP contribution >= 0.6 is 0 Å². The van der Waals surface area contributed by atoms with E-state index in [9.17, 15) is 9.50 Å². The molecule has 0 saturated heterocycles. The Morgan fingerprint density at radius 3 is 2.83 bits per heavy atom. The Hall–Kier alpha value is -1.95. The number of rotatable bonds is 4. The molecular formula is C12H13FN2O3. The van der Waals surface area contributed by atoms with Crippen LogP contribution in [0.15, 0.2) is 22.7 Å². The first-order valence-electron chi connectivity index (χ1n) is 5.46. The molecule has 0 aliphatic heterocycles. The fourth-order valence-electron chi connectivity index (χ4n) is 1.48. The second-order valence-corrected chi connectivity index (χ2v) is 3.88. The molecule has 96 valence electrons. The van der Waals surface area contributed by atoms with Crippen LogP contribution in [-0.2, 0) is 6.61 Å². The van der Waals surface area contributed by atoms with Crippen LogP contribution in [0.5, 0.6) is 5.75 Å². The van der Waals surface area contributed by atoms with Gasteiger partial charge in [0.1, 0.15) is 11.6 Å². The maximum atomic E-state index is 13.5. The molecule has 0 fully saturated rings. The second-order valence-electron chi connectivity index (χ2n) is 3.88. The molecule has 0 aliphatic rings. The first-order valence-corrected chi connectivity index (χ1v) is 5.46. The number of ether oxygens (including phenoxy) is 1. The summed E-state index contributed by atoms with van der Waals surface area (Å²) >= 11 is 0. The average molecular weight is 252 g/mol. The third kappa shape index (κ3) is 2.84. The van der Waals surface area contributed by atoms with E-state index in [1.54, 1.807) is 13.0 Å². The zero-order valence-electron chi connectivity index (χ0n) is 10.1. The second kappa shape index (κ2) is 5.14. The molecule has 0 bridgehead atoms. The highest BCUT2D eigenvalue weighted by molar-refractivity contribution is 5.30. The lowest BCUT2D eigenvalue weighted by atomic mass is 10.1. The number of hydrogen-bond donors (Lipinski definition) is 1. The highest BCUT2D eigenvalue weighted by Crippen LogP contribution is 2.22. The minimum atomic E-state index is -0.848. The van der Waals surface area contributed by atoms with Crippen molar-refractivity contribution in [3.05, 3.63) is 41.3 Å².